The quantitative estimate of drug-likeness (QED) is 0.775. The standard InChI is InChI=1S/C14H21N3S2/c1-10-11(2)19-14-12(10)13(16-9-17-14)15-7-5-4-6-8-18-3/h9H,4-8H2,1-3H3,(H,15,16,17). The maximum absolute atomic E-state index is 4.40. The van der Waals surface area contributed by atoms with Crippen LogP contribution in [0.5, 0.6) is 0 Å². The summed E-state index contributed by atoms with van der Waals surface area (Å²) in [4.78, 5) is 11.2. The number of aryl methyl sites for hydroxylation is 2. The van der Waals surface area contributed by atoms with E-state index in [0.29, 0.717) is 0 Å². The van der Waals surface area contributed by atoms with Gasteiger partial charge in [-0.25, -0.2) is 9.97 Å². The van der Waals surface area contributed by atoms with Crippen LogP contribution in [-0.2, 0) is 0 Å². The lowest BCUT2D eigenvalue weighted by Crippen LogP contribution is -2.04. The topological polar surface area (TPSA) is 37.8 Å². The maximum Gasteiger partial charge on any atom is 0.138 e. The van der Waals surface area contributed by atoms with E-state index in [1.54, 1.807) is 17.7 Å². The van der Waals surface area contributed by atoms with E-state index in [4.69, 9.17) is 0 Å². The van der Waals surface area contributed by atoms with Gasteiger partial charge < -0.3 is 5.32 Å². The molecule has 0 aliphatic rings. The van der Waals surface area contributed by atoms with Crippen molar-refractivity contribution in [3.63, 3.8) is 0 Å². The third-order valence-corrected chi connectivity index (χ3v) is 5.10. The van der Waals surface area contributed by atoms with Crippen molar-refractivity contribution >= 4 is 39.1 Å². The minimum absolute atomic E-state index is 0.995. The molecule has 2 rings (SSSR count). The molecule has 104 valence electrons. The molecule has 0 fully saturated rings. The summed E-state index contributed by atoms with van der Waals surface area (Å²) < 4.78 is 0. The zero-order valence-electron chi connectivity index (χ0n) is 11.8. The number of unbranched alkanes of at least 4 members (excludes halogenated alkanes) is 2. The smallest absolute Gasteiger partial charge is 0.138 e. The molecule has 2 aromatic heterocycles. The Balaban J connectivity index is 1.97. The first-order valence-electron chi connectivity index (χ1n) is 6.67. The summed E-state index contributed by atoms with van der Waals surface area (Å²) in [7, 11) is 0. The number of fused-ring (bicyclic) bond motifs is 1. The predicted molar refractivity (Wildman–Crippen MR) is 87.6 cm³/mol. The average Bonchev–Trinajstić information content (AvgIpc) is 2.70. The van der Waals surface area contributed by atoms with Gasteiger partial charge in [0, 0.05) is 11.4 Å². The zero-order valence-corrected chi connectivity index (χ0v) is 13.5. The molecule has 0 spiro atoms. The summed E-state index contributed by atoms with van der Waals surface area (Å²) in [6.45, 7) is 5.30. The molecule has 0 bridgehead atoms. The van der Waals surface area contributed by atoms with Gasteiger partial charge in [0.25, 0.3) is 0 Å². The molecule has 2 heterocycles. The first-order chi connectivity index (χ1) is 9.24. The van der Waals surface area contributed by atoms with E-state index in [1.807, 2.05) is 11.8 Å². The number of nitrogens with zero attached hydrogens (tertiary/aromatic N) is 2. The highest BCUT2D eigenvalue weighted by molar-refractivity contribution is 7.98. The van der Waals surface area contributed by atoms with E-state index in [1.165, 1.54) is 40.8 Å². The van der Waals surface area contributed by atoms with Crippen LogP contribution in [0.15, 0.2) is 6.33 Å². The molecule has 19 heavy (non-hydrogen) atoms. The van der Waals surface area contributed by atoms with Crippen LogP contribution < -0.4 is 5.32 Å². The van der Waals surface area contributed by atoms with Gasteiger partial charge >= 0.3 is 0 Å². The normalized spacial score (nSPS) is 11.1. The number of thioether (sulfide) groups is 1. The maximum atomic E-state index is 4.40. The van der Waals surface area contributed by atoms with Crippen molar-refractivity contribution in [3.05, 3.63) is 16.8 Å². The van der Waals surface area contributed by atoms with Crippen LogP contribution in [0.2, 0.25) is 0 Å². The second kappa shape index (κ2) is 7.10. The van der Waals surface area contributed by atoms with Crippen molar-refractivity contribution < 1.29 is 0 Å². The molecule has 0 atom stereocenters. The van der Waals surface area contributed by atoms with E-state index in [9.17, 15) is 0 Å². The van der Waals surface area contributed by atoms with Gasteiger partial charge in [-0.2, -0.15) is 11.8 Å². The Morgan fingerprint density at radius 2 is 2.05 bits per heavy atom. The summed E-state index contributed by atoms with van der Waals surface area (Å²) in [6.07, 6.45) is 7.61. The number of hydrogen-bond acceptors (Lipinski definition) is 5. The fourth-order valence-electron chi connectivity index (χ4n) is 2.07. The van der Waals surface area contributed by atoms with Gasteiger partial charge in [0.15, 0.2) is 0 Å². The number of nitrogens with one attached hydrogen (secondary N) is 1. The van der Waals surface area contributed by atoms with Gasteiger partial charge in [-0.3, -0.25) is 0 Å². The monoisotopic (exact) mass is 295 g/mol. The molecule has 5 heteroatoms. The van der Waals surface area contributed by atoms with Crippen molar-refractivity contribution in [2.24, 2.45) is 0 Å². The van der Waals surface area contributed by atoms with Crippen molar-refractivity contribution in [2.45, 2.75) is 33.1 Å². The van der Waals surface area contributed by atoms with Gasteiger partial charge in [0.2, 0.25) is 0 Å². The predicted octanol–water partition coefficient (Wildman–Crippen LogP) is 4.25. The van der Waals surface area contributed by atoms with E-state index < -0.39 is 0 Å². The zero-order chi connectivity index (χ0) is 13.7. The molecule has 3 nitrogen and oxygen atoms in total. The summed E-state index contributed by atoms with van der Waals surface area (Å²) in [5.41, 5.74) is 1.31. The van der Waals surface area contributed by atoms with Crippen LogP contribution in [0.1, 0.15) is 29.7 Å². The Hall–Kier alpha value is -0.810. The minimum atomic E-state index is 0.995. The van der Waals surface area contributed by atoms with Crippen LogP contribution in [0, 0.1) is 13.8 Å². The molecule has 0 radical (unpaired) electrons. The first-order valence-corrected chi connectivity index (χ1v) is 8.88. The van der Waals surface area contributed by atoms with E-state index >= 15 is 0 Å². The number of anilines is 1. The van der Waals surface area contributed by atoms with Crippen LogP contribution >= 0.6 is 23.1 Å². The molecule has 0 aliphatic heterocycles. The number of rotatable bonds is 7. The molecule has 0 aliphatic carbocycles. The van der Waals surface area contributed by atoms with Crippen LogP contribution in [0.3, 0.4) is 0 Å². The summed E-state index contributed by atoms with van der Waals surface area (Å²) in [5, 5.41) is 4.67. The molecular formula is C14H21N3S2. The van der Waals surface area contributed by atoms with Crippen molar-refractivity contribution in [2.75, 3.05) is 23.9 Å². The molecule has 0 unspecified atom stereocenters. The number of thiophene rings is 1. The van der Waals surface area contributed by atoms with Crippen molar-refractivity contribution in [3.8, 4) is 0 Å². The molecule has 0 amide bonds. The highest BCUT2D eigenvalue weighted by Gasteiger charge is 2.11. The molecule has 0 saturated heterocycles. The Morgan fingerprint density at radius 1 is 1.21 bits per heavy atom. The third kappa shape index (κ3) is 3.60. The Bertz CT molecular complexity index is 537. The van der Waals surface area contributed by atoms with Crippen molar-refractivity contribution in [1.82, 2.24) is 9.97 Å². The summed E-state index contributed by atoms with van der Waals surface area (Å²) in [5.74, 6) is 2.26. The van der Waals surface area contributed by atoms with Gasteiger partial charge in [-0.05, 0) is 44.3 Å². The fraction of sp³-hybridized carbons (Fsp3) is 0.571. The van der Waals surface area contributed by atoms with Crippen LogP contribution in [0.4, 0.5) is 5.82 Å². The van der Waals surface area contributed by atoms with Gasteiger partial charge in [0.05, 0.1) is 5.39 Å². The van der Waals surface area contributed by atoms with Crippen molar-refractivity contribution in [1.29, 1.82) is 0 Å². The second-order valence-corrected chi connectivity index (χ2v) is 6.85. The summed E-state index contributed by atoms with van der Waals surface area (Å²) >= 11 is 3.67. The minimum Gasteiger partial charge on any atom is -0.369 e. The highest BCUT2D eigenvalue weighted by Crippen LogP contribution is 2.32. The molecule has 2 aromatic rings. The molecule has 0 aromatic carbocycles. The van der Waals surface area contributed by atoms with Gasteiger partial charge in [0.1, 0.15) is 17.0 Å². The highest BCUT2D eigenvalue weighted by atomic mass is 32.2. The van der Waals surface area contributed by atoms with Crippen LogP contribution in [-0.4, -0.2) is 28.5 Å². The molecule has 0 saturated carbocycles. The van der Waals surface area contributed by atoms with E-state index in [0.717, 1.165) is 17.2 Å². The Kier molecular flexibility index (Phi) is 5.45. The Labute approximate surface area is 123 Å². The lowest BCUT2D eigenvalue weighted by molar-refractivity contribution is 0.748. The van der Waals surface area contributed by atoms with Gasteiger partial charge in [-0.15, -0.1) is 11.3 Å². The lowest BCUT2D eigenvalue weighted by atomic mass is 10.2. The molecule has 1 N–H and O–H groups in total. The largest absolute Gasteiger partial charge is 0.369 e. The average molecular weight is 295 g/mol. The first kappa shape index (κ1) is 14.6. The van der Waals surface area contributed by atoms with E-state index in [2.05, 4.69) is 35.4 Å². The number of hydrogen-bond donors (Lipinski definition) is 1. The third-order valence-electron chi connectivity index (χ3n) is 3.28. The fourth-order valence-corrected chi connectivity index (χ4v) is 3.56. The van der Waals surface area contributed by atoms with Gasteiger partial charge in [-0.1, -0.05) is 6.42 Å². The SMILES string of the molecule is CSCCCCCNc1ncnc2sc(C)c(C)c12. The van der Waals surface area contributed by atoms with E-state index in [-0.39, 0.29) is 0 Å². The van der Waals surface area contributed by atoms with Crippen LogP contribution in [0.25, 0.3) is 10.2 Å². The number of aromatic nitrogens is 2. The Morgan fingerprint density at radius 3 is 2.84 bits per heavy atom. The second-order valence-electron chi connectivity index (χ2n) is 4.67. The lowest BCUT2D eigenvalue weighted by Gasteiger charge is -2.07. The summed E-state index contributed by atoms with van der Waals surface area (Å²) in [6, 6.07) is 0. The molecular weight excluding hydrogens is 274 g/mol.